The molecule has 1 heterocycles. The molecular formula is C13H11NOS. The topological polar surface area (TPSA) is 33.0 Å². The Morgan fingerprint density at radius 1 is 1.38 bits per heavy atom. The van der Waals surface area contributed by atoms with Gasteiger partial charge in [0.1, 0.15) is 11.8 Å². The molecule has 0 saturated heterocycles. The molecule has 2 rings (SSSR count). The number of benzene rings is 1. The van der Waals surface area contributed by atoms with Crippen LogP contribution in [0.1, 0.15) is 12.5 Å². The maximum absolute atomic E-state index is 9.04. The van der Waals surface area contributed by atoms with Crippen LogP contribution < -0.4 is 4.74 Å². The van der Waals surface area contributed by atoms with Gasteiger partial charge in [-0.2, -0.15) is 5.26 Å². The van der Waals surface area contributed by atoms with Gasteiger partial charge in [-0.1, -0.05) is 6.07 Å². The van der Waals surface area contributed by atoms with Gasteiger partial charge in [0.05, 0.1) is 12.2 Å². The summed E-state index contributed by atoms with van der Waals surface area (Å²) in [4.78, 5) is 1.17. The van der Waals surface area contributed by atoms with E-state index in [1.54, 1.807) is 11.3 Å². The van der Waals surface area contributed by atoms with E-state index in [-0.39, 0.29) is 0 Å². The number of ether oxygens (including phenoxy) is 1. The van der Waals surface area contributed by atoms with Crippen LogP contribution in [0.2, 0.25) is 0 Å². The smallest absolute Gasteiger partial charge is 0.137 e. The van der Waals surface area contributed by atoms with Crippen LogP contribution in [0, 0.1) is 11.3 Å². The standard InChI is InChI=1S/C13H11NOS/c1-2-15-12-6-5-10(8-11(12)9-14)13-4-3-7-16-13/h3-8H,2H2,1H3. The van der Waals surface area contributed by atoms with Crippen LogP contribution in [0.3, 0.4) is 0 Å². The van der Waals surface area contributed by atoms with Crippen molar-refractivity contribution >= 4 is 11.3 Å². The van der Waals surface area contributed by atoms with Crippen LogP contribution in [0.25, 0.3) is 10.4 Å². The summed E-state index contributed by atoms with van der Waals surface area (Å²) in [6.07, 6.45) is 0. The maximum Gasteiger partial charge on any atom is 0.137 e. The summed E-state index contributed by atoms with van der Waals surface area (Å²) in [5, 5.41) is 11.1. The summed E-state index contributed by atoms with van der Waals surface area (Å²) in [7, 11) is 0. The van der Waals surface area contributed by atoms with Crippen molar-refractivity contribution in [3.8, 4) is 22.3 Å². The second-order valence-electron chi connectivity index (χ2n) is 3.23. The van der Waals surface area contributed by atoms with Crippen LogP contribution in [-0.2, 0) is 0 Å². The Balaban J connectivity index is 2.42. The third kappa shape index (κ3) is 2.07. The van der Waals surface area contributed by atoms with Crippen molar-refractivity contribution in [2.24, 2.45) is 0 Å². The lowest BCUT2D eigenvalue weighted by Crippen LogP contribution is -1.94. The first kappa shape index (κ1) is 10.7. The number of rotatable bonds is 3. The average molecular weight is 229 g/mol. The van der Waals surface area contributed by atoms with E-state index in [2.05, 4.69) is 6.07 Å². The number of thiophene rings is 1. The van der Waals surface area contributed by atoms with E-state index in [1.165, 1.54) is 4.88 Å². The highest BCUT2D eigenvalue weighted by atomic mass is 32.1. The number of hydrogen-bond donors (Lipinski definition) is 0. The highest BCUT2D eigenvalue weighted by Gasteiger charge is 2.06. The second-order valence-corrected chi connectivity index (χ2v) is 4.18. The first-order valence-corrected chi connectivity index (χ1v) is 5.94. The Hall–Kier alpha value is -1.79. The monoisotopic (exact) mass is 229 g/mol. The van der Waals surface area contributed by atoms with Gasteiger partial charge in [-0.25, -0.2) is 0 Å². The lowest BCUT2D eigenvalue weighted by Gasteiger charge is -2.06. The van der Waals surface area contributed by atoms with E-state index in [0.29, 0.717) is 17.9 Å². The quantitative estimate of drug-likeness (QED) is 0.804. The molecule has 0 fully saturated rings. The van der Waals surface area contributed by atoms with Crippen molar-refractivity contribution < 1.29 is 4.74 Å². The predicted octanol–water partition coefficient (Wildman–Crippen LogP) is 3.69. The second kappa shape index (κ2) is 4.82. The van der Waals surface area contributed by atoms with Crippen LogP contribution in [0.4, 0.5) is 0 Å². The van der Waals surface area contributed by atoms with E-state index in [0.717, 1.165) is 5.56 Å². The molecule has 0 aliphatic rings. The molecule has 1 aromatic carbocycles. The Morgan fingerprint density at radius 3 is 2.88 bits per heavy atom. The summed E-state index contributed by atoms with van der Waals surface area (Å²) >= 11 is 1.66. The Labute approximate surface area is 98.7 Å². The molecule has 0 radical (unpaired) electrons. The molecule has 16 heavy (non-hydrogen) atoms. The summed E-state index contributed by atoms with van der Waals surface area (Å²) in [5.74, 6) is 0.658. The molecule has 0 bridgehead atoms. The largest absolute Gasteiger partial charge is 0.492 e. The van der Waals surface area contributed by atoms with Crippen LogP contribution in [0.5, 0.6) is 5.75 Å². The van der Waals surface area contributed by atoms with E-state index < -0.39 is 0 Å². The molecule has 0 amide bonds. The van der Waals surface area contributed by atoms with Crippen molar-refractivity contribution in [1.82, 2.24) is 0 Å². The molecule has 0 aliphatic heterocycles. The van der Waals surface area contributed by atoms with Crippen molar-refractivity contribution in [3.05, 3.63) is 41.3 Å². The fraction of sp³-hybridized carbons (Fsp3) is 0.154. The van der Waals surface area contributed by atoms with Crippen molar-refractivity contribution in [2.45, 2.75) is 6.92 Å². The zero-order chi connectivity index (χ0) is 11.4. The van der Waals surface area contributed by atoms with Gasteiger partial charge in [-0.3, -0.25) is 0 Å². The molecular weight excluding hydrogens is 218 g/mol. The zero-order valence-electron chi connectivity index (χ0n) is 8.93. The minimum absolute atomic E-state index is 0.576. The van der Waals surface area contributed by atoms with Crippen molar-refractivity contribution in [2.75, 3.05) is 6.61 Å². The summed E-state index contributed by atoms with van der Waals surface area (Å²) in [6.45, 7) is 2.49. The Bertz CT molecular complexity index is 511. The van der Waals surface area contributed by atoms with Crippen molar-refractivity contribution in [1.29, 1.82) is 5.26 Å². The summed E-state index contributed by atoms with van der Waals surface area (Å²) in [5.41, 5.74) is 1.66. The van der Waals surface area contributed by atoms with Crippen LogP contribution in [0.15, 0.2) is 35.7 Å². The van der Waals surface area contributed by atoms with Crippen molar-refractivity contribution in [3.63, 3.8) is 0 Å². The number of hydrogen-bond acceptors (Lipinski definition) is 3. The molecule has 2 nitrogen and oxygen atoms in total. The molecule has 0 N–H and O–H groups in total. The first-order valence-electron chi connectivity index (χ1n) is 5.06. The number of nitriles is 1. The molecule has 0 unspecified atom stereocenters. The molecule has 0 atom stereocenters. The zero-order valence-corrected chi connectivity index (χ0v) is 9.75. The molecule has 80 valence electrons. The Kier molecular flexibility index (Phi) is 3.23. The lowest BCUT2D eigenvalue weighted by molar-refractivity contribution is 0.339. The van der Waals surface area contributed by atoms with Crippen LogP contribution >= 0.6 is 11.3 Å². The third-order valence-corrected chi connectivity index (χ3v) is 3.12. The SMILES string of the molecule is CCOc1ccc(-c2cccs2)cc1C#N. The van der Waals surface area contributed by atoms with Gasteiger partial charge in [0.2, 0.25) is 0 Å². The van der Waals surface area contributed by atoms with E-state index in [1.807, 2.05) is 42.6 Å². The highest BCUT2D eigenvalue weighted by molar-refractivity contribution is 7.13. The molecule has 1 aromatic heterocycles. The Morgan fingerprint density at radius 2 is 2.25 bits per heavy atom. The van der Waals surface area contributed by atoms with Gasteiger partial charge in [0.15, 0.2) is 0 Å². The molecule has 0 aliphatic carbocycles. The molecule has 2 aromatic rings. The van der Waals surface area contributed by atoms with Gasteiger partial charge in [0, 0.05) is 4.88 Å². The fourth-order valence-electron chi connectivity index (χ4n) is 1.49. The summed E-state index contributed by atoms with van der Waals surface area (Å²) < 4.78 is 5.38. The van der Waals surface area contributed by atoms with E-state index >= 15 is 0 Å². The van der Waals surface area contributed by atoms with E-state index in [9.17, 15) is 0 Å². The third-order valence-electron chi connectivity index (χ3n) is 2.21. The van der Waals surface area contributed by atoms with Gasteiger partial charge in [-0.05, 0) is 42.1 Å². The predicted molar refractivity (Wildman–Crippen MR) is 65.6 cm³/mol. The highest BCUT2D eigenvalue weighted by Crippen LogP contribution is 2.29. The lowest BCUT2D eigenvalue weighted by atomic mass is 10.1. The average Bonchev–Trinajstić information content (AvgIpc) is 2.83. The van der Waals surface area contributed by atoms with Crippen LogP contribution in [-0.4, -0.2) is 6.61 Å². The van der Waals surface area contributed by atoms with E-state index in [4.69, 9.17) is 10.00 Å². The molecule has 0 spiro atoms. The fourth-order valence-corrected chi connectivity index (χ4v) is 2.22. The van der Waals surface area contributed by atoms with Gasteiger partial charge >= 0.3 is 0 Å². The summed E-state index contributed by atoms with van der Waals surface area (Å²) in [6, 6.07) is 11.9. The number of nitrogens with zero attached hydrogens (tertiary/aromatic N) is 1. The normalized spacial score (nSPS) is 9.75. The molecule has 3 heteroatoms. The van der Waals surface area contributed by atoms with Gasteiger partial charge in [0.25, 0.3) is 0 Å². The minimum atomic E-state index is 0.576. The van der Waals surface area contributed by atoms with Gasteiger partial charge < -0.3 is 4.74 Å². The van der Waals surface area contributed by atoms with Gasteiger partial charge in [-0.15, -0.1) is 11.3 Å². The molecule has 0 saturated carbocycles. The first-order chi connectivity index (χ1) is 7.85. The maximum atomic E-state index is 9.04. The minimum Gasteiger partial charge on any atom is -0.492 e.